The van der Waals surface area contributed by atoms with Gasteiger partial charge in [0.1, 0.15) is 5.82 Å². The van der Waals surface area contributed by atoms with Crippen molar-refractivity contribution in [3.8, 4) is 0 Å². The molecule has 1 aliphatic rings. The highest BCUT2D eigenvalue weighted by atomic mass is 35.5. The van der Waals surface area contributed by atoms with Crippen molar-refractivity contribution in [1.29, 1.82) is 0 Å². The molecule has 1 aromatic rings. The Morgan fingerprint density at radius 3 is 2.88 bits per heavy atom. The monoisotopic (exact) mass is 240 g/mol. The van der Waals surface area contributed by atoms with Gasteiger partial charge in [0.05, 0.1) is 12.2 Å². The van der Waals surface area contributed by atoms with Gasteiger partial charge in [-0.1, -0.05) is 6.07 Å². The van der Waals surface area contributed by atoms with Gasteiger partial charge in [0, 0.05) is 25.2 Å². The molecule has 0 aromatic carbocycles. The Kier molecular flexibility index (Phi) is 3.36. The molecule has 0 unspecified atom stereocenters. The first-order chi connectivity index (χ1) is 7.61. The lowest BCUT2D eigenvalue weighted by atomic mass is 10.1. The first-order valence-electron chi connectivity index (χ1n) is 5.50. The van der Waals surface area contributed by atoms with Crippen molar-refractivity contribution in [3.63, 3.8) is 0 Å². The molecule has 1 saturated heterocycles. The second-order valence-electron chi connectivity index (χ2n) is 4.69. The van der Waals surface area contributed by atoms with E-state index >= 15 is 0 Å². The number of rotatable bonds is 2. The molecule has 1 fully saturated rings. The van der Waals surface area contributed by atoms with E-state index in [1.165, 1.54) is 0 Å². The van der Waals surface area contributed by atoms with E-state index in [1.807, 2.05) is 18.3 Å². The summed E-state index contributed by atoms with van der Waals surface area (Å²) in [5.41, 5.74) is 0.961. The Balaban J connectivity index is 2.11. The molecule has 88 valence electrons. The Morgan fingerprint density at radius 2 is 2.31 bits per heavy atom. The largest absolute Gasteiger partial charge is 0.372 e. The number of anilines is 1. The maximum absolute atomic E-state index is 5.74. The van der Waals surface area contributed by atoms with Crippen LogP contribution < -0.4 is 4.90 Å². The molecule has 3 nitrogen and oxygen atoms in total. The Hall–Kier alpha value is -0.800. The third kappa shape index (κ3) is 2.66. The lowest BCUT2D eigenvalue weighted by Gasteiger charge is -2.38. The van der Waals surface area contributed by atoms with Gasteiger partial charge in [-0.2, -0.15) is 0 Å². The average molecular weight is 241 g/mol. The summed E-state index contributed by atoms with van der Waals surface area (Å²) in [7, 11) is 0. The van der Waals surface area contributed by atoms with Gasteiger partial charge >= 0.3 is 0 Å². The fraction of sp³-hybridized carbons (Fsp3) is 0.583. The van der Waals surface area contributed by atoms with Gasteiger partial charge in [-0.3, -0.25) is 0 Å². The number of aromatic nitrogens is 1. The lowest BCUT2D eigenvalue weighted by molar-refractivity contribution is -0.0279. The zero-order valence-electron chi connectivity index (χ0n) is 9.74. The molecular formula is C12H17ClN2O. The van der Waals surface area contributed by atoms with Gasteiger partial charge in [-0.05, 0) is 25.5 Å². The number of morpholine rings is 1. The van der Waals surface area contributed by atoms with E-state index in [9.17, 15) is 0 Å². The molecule has 0 bridgehead atoms. The van der Waals surface area contributed by atoms with Gasteiger partial charge in [-0.25, -0.2) is 4.98 Å². The molecule has 0 amide bonds. The molecule has 0 saturated carbocycles. The molecule has 2 rings (SSSR count). The van der Waals surface area contributed by atoms with Crippen LogP contribution in [0.3, 0.4) is 0 Å². The second-order valence-corrected chi connectivity index (χ2v) is 4.96. The van der Waals surface area contributed by atoms with Crippen LogP contribution in [0.15, 0.2) is 18.3 Å². The average Bonchev–Trinajstić information content (AvgIpc) is 2.28. The molecule has 1 aromatic heterocycles. The van der Waals surface area contributed by atoms with E-state index in [2.05, 4.69) is 23.7 Å². The fourth-order valence-electron chi connectivity index (χ4n) is 1.89. The highest BCUT2D eigenvalue weighted by Crippen LogP contribution is 2.21. The van der Waals surface area contributed by atoms with Gasteiger partial charge in [0.2, 0.25) is 0 Å². The van der Waals surface area contributed by atoms with Crippen molar-refractivity contribution in [2.75, 3.05) is 24.6 Å². The van der Waals surface area contributed by atoms with Crippen molar-refractivity contribution < 1.29 is 4.74 Å². The van der Waals surface area contributed by atoms with E-state index in [1.54, 1.807) is 0 Å². The molecule has 0 radical (unpaired) electrons. The maximum Gasteiger partial charge on any atom is 0.128 e. The molecule has 0 spiro atoms. The zero-order valence-corrected chi connectivity index (χ0v) is 10.5. The van der Waals surface area contributed by atoms with Crippen molar-refractivity contribution in [2.45, 2.75) is 25.3 Å². The third-order valence-corrected chi connectivity index (χ3v) is 3.02. The van der Waals surface area contributed by atoms with E-state index < -0.39 is 0 Å². The number of nitrogens with zero attached hydrogens (tertiary/aromatic N) is 2. The van der Waals surface area contributed by atoms with Crippen molar-refractivity contribution in [2.24, 2.45) is 0 Å². The number of ether oxygens (including phenoxy) is 1. The molecular weight excluding hydrogens is 224 g/mol. The van der Waals surface area contributed by atoms with Crippen molar-refractivity contribution in [3.05, 3.63) is 23.9 Å². The van der Waals surface area contributed by atoms with Crippen LogP contribution in [0.1, 0.15) is 19.4 Å². The van der Waals surface area contributed by atoms with E-state index in [0.717, 1.165) is 31.1 Å². The topological polar surface area (TPSA) is 25.4 Å². The van der Waals surface area contributed by atoms with E-state index in [4.69, 9.17) is 16.3 Å². The summed E-state index contributed by atoms with van der Waals surface area (Å²) >= 11 is 5.74. The molecule has 1 aliphatic heterocycles. The molecule has 2 heterocycles. The Bertz CT molecular complexity index is 351. The van der Waals surface area contributed by atoms with Crippen LogP contribution in [-0.4, -0.2) is 30.3 Å². The number of alkyl halides is 1. The quantitative estimate of drug-likeness (QED) is 0.743. The SMILES string of the molecule is CC1(C)CN(c2ccc(CCl)cn2)CCO1. The third-order valence-electron chi connectivity index (χ3n) is 2.71. The molecule has 16 heavy (non-hydrogen) atoms. The van der Waals surface area contributed by atoms with E-state index in [-0.39, 0.29) is 5.60 Å². The summed E-state index contributed by atoms with van der Waals surface area (Å²) < 4.78 is 5.67. The minimum absolute atomic E-state index is 0.0922. The second kappa shape index (κ2) is 4.60. The van der Waals surface area contributed by atoms with Crippen LogP contribution in [0, 0.1) is 0 Å². The number of hydrogen-bond acceptors (Lipinski definition) is 3. The Morgan fingerprint density at radius 1 is 1.50 bits per heavy atom. The highest BCUT2D eigenvalue weighted by molar-refractivity contribution is 6.17. The van der Waals surface area contributed by atoms with Gasteiger partial charge in [-0.15, -0.1) is 11.6 Å². The van der Waals surface area contributed by atoms with Crippen LogP contribution in [0.5, 0.6) is 0 Å². The smallest absolute Gasteiger partial charge is 0.128 e. The highest BCUT2D eigenvalue weighted by Gasteiger charge is 2.27. The number of halogens is 1. The molecule has 0 aliphatic carbocycles. The summed E-state index contributed by atoms with van der Waals surface area (Å²) in [6, 6.07) is 4.05. The van der Waals surface area contributed by atoms with E-state index in [0.29, 0.717) is 5.88 Å². The normalized spacial score (nSPS) is 19.8. The molecule has 0 N–H and O–H groups in total. The summed E-state index contributed by atoms with van der Waals surface area (Å²) in [6.45, 7) is 6.74. The molecule has 0 atom stereocenters. The van der Waals surface area contributed by atoms with Gasteiger partial charge < -0.3 is 9.64 Å². The summed E-state index contributed by atoms with van der Waals surface area (Å²) in [6.07, 6.45) is 1.84. The van der Waals surface area contributed by atoms with Crippen LogP contribution in [-0.2, 0) is 10.6 Å². The maximum atomic E-state index is 5.74. The number of hydrogen-bond donors (Lipinski definition) is 0. The molecule has 4 heteroatoms. The summed E-state index contributed by atoms with van der Waals surface area (Å²) in [5, 5.41) is 0. The minimum Gasteiger partial charge on any atom is -0.372 e. The predicted octanol–water partition coefficient (Wildman–Crippen LogP) is 2.44. The first kappa shape index (κ1) is 11.7. The van der Waals surface area contributed by atoms with Crippen LogP contribution >= 0.6 is 11.6 Å². The van der Waals surface area contributed by atoms with Crippen LogP contribution in [0.4, 0.5) is 5.82 Å². The lowest BCUT2D eigenvalue weighted by Crippen LogP contribution is -2.48. The summed E-state index contributed by atoms with van der Waals surface area (Å²) in [4.78, 5) is 6.68. The van der Waals surface area contributed by atoms with Crippen LogP contribution in [0.25, 0.3) is 0 Å². The van der Waals surface area contributed by atoms with Gasteiger partial charge in [0.25, 0.3) is 0 Å². The van der Waals surface area contributed by atoms with Crippen molar-refractivity contribution in [1.82, 2.24) is 4.98 Å². The zero-order chi connectivity index (χ0) is 11.6. The van der Waals surface area contributed by atoms with Crippen LogP contribution in [0.2, 0.25) is 0 Å². The first-order valence-corrected chi connectivity index (χ1v) is 6.04. The predicted molar refractivity (Wildman–Crippen MR) is 66.0 cm³/mol. The standard InChI is InChI=1S/C12H17ClN2O/c1-12(2)9-15(5-6-16-12)11-4-3-10(7-13)8-14-11/h3-4,8H,5-7,9H2,1-2H3. The van der Waals surface area contributed by atoms with Crippen molar-refractivity contribution >= 4 is 17.4 Å². The number of pyridine rings is 1. The Labute approximate surface area is 101 Å². The van der Waals surface area contributed by atoms with Gasteiger partial charge in [0.15, 0.2) is 0 Å². The fourth-order valence-corrected chi connectivity index (χ4v) is 2.05. The summed E-state index contributed by atoms with van der Waals surface area (Å²) in [5.74, 6) is 1.52. The minimum atomic E-state index is -0.0922.